The molecular weight excluding hydrogens is 282 g/mol. The molecule has 0 saturated heterocycles. The van der Waals surface area contributed by atoms with Crippen molar-refractivity contribution in [3.8, 4) is 11.3 Å². The van der Waals surface area contributed by atoms with E-state index in [1.807, 2.05) is 0 Å². The van der Waals surface area contributed by atoms with Crippen LogP contribution in [0.1, 0.15) is 17.4 Å². The predicted molar refractivity (Wildman–Crippen MR) is 71.8 cm³/mol. The second-order valence-corrected chi connectivity index (χ2v) is 4.20. The normalized spacial score (nSPS) is 10.9. The molecule has 0 amide bonds. The van der Waals surface area contributed by atoms with E-state index in [0.29, 0.717) is 11.3 Å². The fourth-order valence-corrected chi connectivity index (χ4v) is 1.84. The molecule has 0 bridgehead atoms. The van der Waals surface area contributed by atoms with Crippen molar-refractivity contribution in [2.75, 3.05) is 12.3 Å². The minimum absolute atomic E-state index is 0.0951. The lowest BCUT2D eigenvalue weighted by Gasteiger charge is -2.08. The van der Waals surface area contributed by atoms with Crippen LogP contribution in [0.2, 0.25) is 0 Å². The number of halogens is 2. The second kappa shape index (κ2) is 6.29. The number of ether oxygens (including phenoxy) is 1. The number of carbonyl (C=O) groups excluding carboxylic acids is 1. The van der Waals surface area contributed by atoms with Gasteiger partial charge in [-0.3, -0.25) is 0 Å². The lowest BCUT2D eigenvalue weighted by molar-refractivity contribution is 0.0520. The van der Waals surface area contributed by atoms with Crippen molar-refractivity contribution >= 4 is 11.7 Å². The Balaban J connectivity index is 2.49. The van der Waals surface area contributed by atoms with Crippen molar-refractivity contribution < 1.29 is 18.3 Å². The van der Waals surface area contributed by atoms with E-state index in [2.05, 4.69) is 10.3 Å². The van der Waals surface area contributed by atoms with Gasteiger partial charge < -0.3 is 10.5 Å². The third-order valence-electron chi connectivity index (χ3n) is 2.70. The van der Waals surface area contributed by atoms with Crippen LogP contribution in [-0.2, 0) is 11.3 Å². The Morgan fingerprint density at radius 2 is 2.05 bits per heavy atom. The average Bonchev–Trinajstić information content (AvgIpc) is 2.83. The van der Waals surface area contributed by atoms with Crippen LogP contribution in [0.25, 0.3) is 11.3 Å². The molecule has 6 nitrogen and oxygen atoms in total. The van der Waals surface area contributed by atoms with Crippen LogP contribution in [-0.4, -0.2) is 34.0 Å². The molecule has 112 valence electrons. The van der Waals surface area contributed by atoms with Gasteiger partial charge in [-0.05, 0) is 19.1 Å². The van der Waals surface area contributed by atoms with Gasteiger partial charge >= 0.3 is 5.97 Å². The first kappa shape index (κ1) is 14.9. The quantitative estimate of drug-likeness (QED) is 0.673. The SMILES string of the molecule is CCOC(=O)c1nnn(CC(F)F)c1-c1ccc(N)cc1. The summed E-state index contributed by atoms with van der Waals surface area (Å²) in [5, 5.41) is 7.27. The van der Waals surface area contributed by atoms with Crippen molar-refractivity contribution in [1.82, 2.24) is 15.0 Å². The van der Waals surface area contributed by atoms with Gasteiger partial charge in [0.2, 0.25) is 0 Å². The van der Waals surface area contributed by atoms with E-state index in [1.165, 1.54) is 0 Å². The summed E-state index contributed by atoms with van der Waals surface area (Å²) in [5.74, 6) is -0.704. The summed E-state index contributed by atoms with van der Waals surface area (Å²) in [6.07, 6.45) is -2.62. The van der Waals surface area contributed by atoms with E-state index >= 15 is 0 Å². The summed E-state index contributed by atoms with van der Waals surface area (Å²) >= 11 is 0. The summed E-state index contributed by atoms with van der Waals surface area (Å²) in [6, 6.07) is 6.42. The number of alkyl halides is 2. The number of rotatable bonds is 5. The highest BCUT2D eigenvalue weighted by Crippen LogP contribution is 2.24. The van der Waals surface area contributed by atoms with Gasteiger partial charge in [0.15, 0.2) is 5.69 Å². The van der Waals surface area contributed by atoms with Crippen LogP contribution in [0.4, 0.5) is 14.5 Å². The maximum atomic E-state index is 12.6. The number of carbonyl (C=O) groups is 1. The number of anilines is 1. The topological polar surface area (TPSA) is 83.0 Å². The van der Waals surface area contributed by atoms with Crippen molar-refractivity contribution in [2.45, 2.75) is 19.9 Å². The van der Waals surface area contributed by atoms with Crippen molar-refractivity contribution in [2.24, 2.45) is 0 Å². The van der Waals surface area contributed by atoms with Crippen molar-refractivity contribution in [1.29, 1.82) is 0 Å². The summed E-state index contributed by atoms with van der Waals surface area (Å²) in [7, 11) is 0. The van der Waals surface area contributed by atoms with Crippen molar-refractivity contribution in [3.63, 3.8) is 0 Å². The van der Waals surface area contributed by atoms with Gasteiger partial charge in [0.1, 0.15) is 12.2 Å². The van der Waals surface area contributed by atoms with Crippen LogP contribution in [0.15, 0.2) is 24.3 Å². The van der Waals surface area contributed by atoms with E-state index in [9.17, 15) is 13.6 Å². The summed E-state index contributed by atoms with van der Waals surface area (Å²) < 4.78 is 31.1. The number of aromatic nitrogens is 3. The molecule has 0 aliphatic rings. The Morgan fingerprint density at radius 1 is 1.38 bits per heavy atom. The monoisotopic (exact) mass is 296 g/mol. The van der Waals surface area contributed by atoms with Crippen LogP contribution in [0, 0.1) is 0 Å². The Kier molecular flexibility index (Phi) is 4.46. The van der Waals surface area contributed by atoms with Gasteiger partial charge in [-0.1, -0.05) is 17.3 Å². The molecule has 2 aromatic rings. The Hall–Kier alpha value is -2.51. The first-order chi connectivity index (χ1) is 10.0. The van der Waals surface area contributed by atoms with Crippen LogP contribution < -0.4 is 5.73 Å². The van der Waals surface area contributed by atoms with Crippen molar-refractivity contribution in [3.05, 3.63) is 30.0 Å². The molecule has 0 radical (unpaired) electrons. The predicted octanol–water partition coefficient (Wildman–Crippen LogP) is 1.97. The van der Waals surface area contributed by atoms with Gasteiger partial charge in [0, 0.05) is 11.3 Å². The number of benzene rings is 1. The van der Waals surface area contributed by atoms with E-state index in [0.717, 1.165) is 4.68 Å². The van der Waals surface area contributed by atoms with Gasteiger partial charge in [-0.2, -0.15) is 0 Å². The lowest BCUT2D eigenvalue weighted by Crippen LogP contribution is -2.11. The molecule has 1 heterocycles. The number of hydrogen-bond donors (Lipinski definition) is 1. The molecule has 2 rings (SSSR count). The molecule has 0 unspecified atom stereocenters. The second-order valence-electron chi connectivity index (χ2n) is 4.20. The maximum absolute atomic E-state index is 12.6. The van der Waals surface area contributed by atoms with Crippen LogP contribution >= 0.6 is 0 Å². The van der Waals surface area contributed by atoms with Gasteiger partial charge in [0.25, 0.3) is 6.43 Å². The number of nitrogens with zero attached hydrogens (tertiary/aromatic N) is 3. The maximum Gasteiger partial charge on any atom is 0.361 e. The van der Waals surface area contributed by atoms with Crippen LogP contribution in [0.3, 0.4) is 0 Å². The molecule has 2 N–H and O–H groups in total. The highest BCUT2D eigenvalue weighted by Gasteiger charge is 2.23. The summed E-state index contributed by atoms with van der Waals surface area (Å²) in [6.45, 7) is 1.14. The first-order valence-electron chi connectivity index (χ1n) is 6.27. The molecular formula is C13H14F2N4O2. The summed E-state index contributed by atoms with van der Waals surface area (Å²) in [4.78, 5) is 11.9. The molecule has 0 saturated carbocycles. The third kappa shape index (κ3) is 3.33. The van der Waals surface area contributed by atoms with E-state index < -0.39 is 18.9 Å². The zero-order chi connectivity index (χ0) is 15.4. The first-order valence-corrected chi connectivity index (χ1v) is 6.27. The standard InChI is InChI=1S/C13H14F2N4O2/c1-2-21-13(20)11-12(8-3-5-9(16)6-4-8)19(18-17-11)7-10(14)15/h3-6,10H,2,7,16H2,1H3. The largest absolute Gasteiger partial charge is 0.461 e. The average molecular weight is 296 g/mol. The number of nitrogens with two attached hydrogens (primary N) is 1. The van der Waals surface area contributed by atoms with E-state index in [-0.39, 0.29) is 18.0 Å². The third-order valence-corrected chi connectivity index (χ3v) is 2.70. The Morgan fingerprint density at radius 3 is 2.62 bits per heavy atom. The van der Waals surface area contributed by atoms with E-state index in [4.69, 9.17) is 10.5 Å². The molecule has 0 atom stereocenters. The van der Waals surface area contributed by atoms with Crippen LogP contribution in [0.5, 0.6) is 0 Å². The van der Waals surface area contributed by atoms with Gasteiger partial charge in [-0.25, -0.2) is 18.3 Å². The summed E-state index contributed by atoms with van der Waals surface area (Å²) in [5.41, 5.74) is 6.72. The highest BCUT2D eigenvalue weighted by molar-refractivity contribution is 5.94. The van der Waals surface area contributed by atoms with E-state index in [1.54, 1.807) is 31.2 Å². The molecule has 0 aliphatic heterocycles. The molecule has 1 aromatic heterocycles. The zero-order valence-electron chi connectivity index (χ0n) is 11.3. The lowest BCUT2D eigenvalue weighted by atomic mass is 10.1. The molecule has 21 heavy (non-hydrogen) atoms. The molecule has 0 spiro atoms. The zero-order valence-corrected chi connectivity index (χ0v) is 11.3. The molecule has 0 aliphatic carbocycles. The van der Waals surface area contributed by atoms with Gasteiger partial charge in [-0.15, -0.1) is 5.10 Å². The number of esters is 1. The fraction of sp³-hybridized carbons (Fsp3) is 0.308. The fourth-order valence-electron chi connectivity index (χ4n) is 1.84. The minimum atomic E-state index is -2.62. The molecule has 0 fully saturated rings. The minimum Gasteiger partial charge on any atom is -0.461 e. The number of nitrogen functional groups attached to an aromatic ring is 1. The smallest absolute Gasteiger partial charge is 0.361 e. The Bertz CT molecular complexity index is 626. The highest BCUT2D eigenvalue weighted by atomic mass is 19.3. The molecule has 1 aromatic carbocycles. The molecule has 8 heteroatoms. The number of hydrogen-bond acceptors (Lipinski definition) is 5. The Labute approximate surface area is 119 Å². The van der Waals surface area contributed by atoms with Gasteiger partial charge in [0.05, 0.1) is 6.61 Å².